The molecule has 4 rings (SSSR count). The smallest absolute Gasteiger partial charge is 0.250 e. The molecule has 0 saturated carbocycles. The van der Waals surface area contributed by atoms with Gasteiger partial charge in [0.25, 0.3) is 5.91 Å². The van der Waals surface area contributed by atoms with Crippen molar-refractivity contribution < 1.29 is 9.53 Å². The van der Waals surface area contributed by atoms with Crippen molar-refractivity contribution in [1.29, 1.82) is 0 Å². The molecule has 1 atom stereocenters. The van der Waals surface area contributed by atoms with Crippen LogP contribution in [0.4, 0.5) is 0 Å². The molecule has 7 heteroatoms. The highest BCUT2D eigenvalue weighted by Gasteiger charge is 2.44. The van der Waals surface area contributed by atoms with Gasteiger partial charge in [-0.1, -0.05) is 6.07 Å². The van der Waals surface area contributed by atoms with Crippen LogP contribution in [0.3, 0.4) is 0 Å². The van der Waals surface area contributed by atoms with Crippen molar-refractivity contribution in [3.8, 4) is 0 Å². The quantitative estimate of drug-likeness (QED) is 0.809. The predicted octanol–water partition coefficient (Wildman–Crippen LogP) is 3.10. The Bertz CT molecular complexity index is 781. The summed E-state index contributed by atoms with van der Waals surface area (Å²) in [6, 6.07) is 6.26. The summed E-state index contributed by atoms with van der Waals surface area (Å²) in [6.45, 7) is 7.42. The number of carbonyl (C=O) groups is 1. The molecule has 0 radical (unpaired) electrons. The van der Waals surface area contributed by atoms with Crippen molar-refractivity contribution in [2.45, 2.75) is 44.6 Å². The molecule has 0 bridgehead atoms. The largest absolute Gasteiger partial charge is 0.359 e. The average molecular weight is 420 g/mol. The number of carbonyl (C=O) groups excluding carboxylic acids is 1. The standard InChI is InChI=1S/C21H29N3O2S2/c1-16-5-11-28-19(16)14-24-8-6-21(7-9-24)15-23(2)13-18(26-21)20(25)22-12-17-4-3-10-27-17/h3-5,10-11,18H,6-9,12-15H2,1-2H3,(H,22,25)/t18-/m0/s1. The minimum absolute atomic E-state index is 0.0102. The second-order valence-electron chi connectivity index (χ2n) is 8.09. The number of nitrogens with one attached hydrogen (secondary N) is 1. The Hall–Kier alpha value is -1.25. The van der Waals surface area contributed by atoms with Gasteiger partial charge >= 0.3 is 0 Å². The molecule has 28 heavy (non-hydrogen) atoms. The molecule has 2 aliphatic heterocycles. The fraction of sp³-hybridized carbons (Fsp3) is 0.571. The van der Waals surface area contributed by atoms with E-state index in [1.807, 2.05) is 28.8 Å². The van der Waals surface area contributed by atoms with E-state index in [-0.39, 0.29) is 17.6 Å². The molecule has 2 aliphatic rings. The van der Waals surface area contributed by atoms with E-state index in [9.17, 15) is 4.79 Å². The number of likely N-dealkylation sites (N-methyl/N-ethyl adjacent to an activating group) is 1. The summed E-state index contributed by atoms with van der Waals surface area (Å²) < 4.78 is 6.45. The molecule has 1 N–H and O–H groups in total. The fourth-order valence-corrected chi connectivity index (χ4v) is 5.81. The Kier molecular flexibility index (Phi) is 6.18. The van der Waals surface area contributed by atoms with Gasteiger partial charge in [0.1, 0.15) is 6.10 Å². The van der Waals surface area contributed by atoms with Crippen LogP contribution in [0.1, 0.15) is 28.2 Å². The summed E-state index contributed by atoms with van der Waals surface area (Å²) in [5, 5.41) is 7.26. The lowest BCUT2D eigenvalue weighted by molar-refractivity contribution is -0.182. The van der Waals surface area contributed by atoms with E-state index in [0.29, 0.717) is 13.1 Å². The first kappa shape index (κ1) is 20.0. The molecule has 1 amide bonds. The third-order valence-electron chi connectivity index (χ3n) is 5.84. The van der Waals surface area contributed by atoms with Crippen LogP contribution in [0.25, 0.3) is 0 Å². The van der Waals surface area contributed by atoms with Crippen molar-refractivity contribution in [2.75, 3.05) is 33.2 Å². The summed E-state index contributed by atoms with van der Waals surface area (Å²) in [6.07, 6.45) is 1.58. The Morgan fingerprint density at radius 2 is 2.11 bits per heavy atom. The summed E-state index contributed by atoms with van der Waals surface area (Å²) in [5.41, 5.74) is 1.19. The van der Waals surface area contributed by atoms with Crippen LogP contribution in [-0.4, -0.2) is 60.6 Å². The minimum atomic E-state index is -0.384. The molecule has 4 heterocycles. The Labute approximate surface area is 175 Å². The Morgan fingerprint density at radius 1 is 1.29 bits per heavy atom. The number of morpholine rings is 1. The van der Waals surface area contributed by atoms with Gasteiger partial charge in [0.05, 0.1) is 12.1 Å². The topological polar surface area (TPSA) is 44.8 Å². The van der Waals surface area contributed by atoms with Crippen LogP contribution in [0.2, 0.25) is 0 Å². The minimum Gasteiger partial charge on any atom is -0.359 e. The van der Waals surface area contributed by atoms with Crippen LogP contribution in [0.15, 0.2) is 29.0 Å². The monoisotopic (exact) mass is 419 g/mol. The first-order chi connectivity index (χ1) is 13.5. The molecule has 0 aliphatic carbocycles. The first-order valence-corrected chi connectivity index (χ1v) is 11.7. The lowest BCUT2D eigenvalue weighted by atomic mass is 9.88. The highest BCUT2D eigenvalue weighted by molar-refractivity contribution is 7.10. The summed E-state index contributed by atoms with van der Waals surface area (Å²) in [4.78, 5) is 20.1. The van der Waals surface area contributed by atoms with E-state index >= 15 is 0 Å². The molecule has 2 saturated heterocycles. The van der Waals surface area contributed by atoms with Gasteiger partial charge in [0, 0.05) is 42.5 Å². The van der Waals surface area contributed by atoms with Gasteiger partial charge in [-0.2, -0.15) is 0 Å². The van der Waals surface area contributed by atoms with E-state index in [2.05, 4.69) is 40.5 Å². The van der Waals surface area contributed by atoms with Crippen molar-refractivity contribution in [3.05, 3.63) is 44.3 Å². The lowest BCUT2D eigenvalue weighted by Crippen LogP contribution is -2.61. The van der Waals surface area contributed by atoms with Crippen LogP contribution in [-0.2, 0) is 22.6 Å². The van der Waals surface area contributed by atoms with E-state index < -0.39 is 0 Å². The molecule has 0 aromatic carbocycles. The van der Waals surface area contributed by atoms with Gasteiger partial charge < -0.3 is 15.0 Å². The summed E-state index contributed by atoms with van der Waals surface area (Å²) in [7, 11) is 2.10. The zero-order chi connectivity index (χ0) is 19.6. The molecule has 1 spiro atoms. The van der Waals surface area contributed by atoms with Crippen molar-refractivity contribution in [3.63, 3.8) is 0 Å². The van der Waals surface area contributed by atoms with E-state index in [1.165, 1.54) is 15.3 Å². The fourth-order valence-electron chi connectivity index (χ4n) is 4.22. The Balaban J connectivity index is 1.32. The number of hydrogen-bond donors (Lipinski definition) is 1. The molecule has 2 fully saturated rings. The first-order valence-electron chi connectivity index (χ1n) is 9.95. The normalized spacial score (nSPS) is 23.1. The molecule has 2 aromatic heterocycles. The van der Waals surface area contributed by atoms with Crippen molar-refractivity contribution >= 4 is 28.6 Å². The zero-order valence-electron chi connectivity index (χ0n) is 16.6. The molecule has 152 valence electrons. The van der Waals surface area contributed by atoms with Crippen LogP contribution < -0.4 is 5.32 Å². The Morgan fingerprint density at radius 3 is 2.79 bits per heavy atom. The number of ether oxygens (including phenoxy) is 1. The van der Waals surface area contributed by atoms with Gasteiger partial charge in [0.15, 0.2) is 0 Å². The van der Waals surface area contributed by atoms with Crippen LogP contribution >= 0.6 is 22.7 Å². The van der Waals surface area contributed by atoms with Crippen molar-refractivity contribution in [2.24, 2.45) is 0 Å². The molecule has 5 nitrogen and oxygen atoms in total. The number of rotatable bonds is 5. The number of likely N-dealkylation sites (tertiary alicyclic amines) is 1. The molecule has 2 aromatic rings. The predicted molar refractivity (Wildman–Crippen MR) is 115 cm³/mol. The summed E-state index contributed by atoms with van der Waals surface area (Å²) in [5.74, 6) is 0.0102. The van der Waals surface area contributed by atoms with E-state index in [1.54, 1.807) is 11.3 Å². The van der Waals surface area contributed by atoms with Gasteiger partial charge in [-0.25, -0.2) is 0 Å². The van der Waals surface area contributed by atoms with Gasteiger partial charge in [0.2, 0.25) is 0 Å². The third kappa shape index (κ3) is 4.66. The second kappa shape index (κ2) is 8.63. The average Bonchev–Trinajstić information content (AvgIpc) is 3.33. The van der Waals surface area contributed by atoms with Gasteiger partial charge in [-0.15, -0.1) is 22.7 Å². The maximum absolute atomic E-state index is 12.7. The van der Waals surface area contributed by atoms with Gasteiger partial charge in [-0.3, -0.25) is 9.69 Å². The highest BCUT2D eigenvalue weighted by Crippen LogP contribution is 2.33. The maximum atomic E-state index is 12.7. The number of piperidine rings is 1. The van der Waals surface area contributed by atoms with E-state index in [0.717, 1.165) is 39.0 Å². The highest BCUT2D eigenvalue weighted by atomic mass is 32.1. The third-order valence-corrected chi connectivity index (χ3v) is 7.72. The second-order valence-corrected chi connectivity index (χ2v) is 10.1. The number of aryl methyl sites for hydroxylation is 1. The van der Waals surface area contributed by atoms with Crippen molar-refractivity contribution in [1.82, 2.24) is 15.1 Å². The zero-order valence-corrected chi connectivity index (χ0v) is 18.3. The van der Waals surface area contributed by atoms with Crippen LogP contribution in [0.5, 0.6) is 0 Å². The number of thiophene rings is 2. The molecule has 0 unspecified atom stereocenters. The molecular formula is C21H29N3O2S2. The maximum Gasteiger partial charge on any atom is 0.250 e. The summed E-state index contributed by atoms with van der Waals surface area (Å²) >= 11 is 3.51. The SMILES string of the molecule is Cc1ccsc1CN1CCC2(CC1)CN(C)C[C@@H](C(=O)NCc1cccs1)O2. The molecular weight excluding hydrogens is 390 g/mol. The number of hydrogen-bond acceptors (Lipinski definition) is 6. The van der Waals surface area contributed by atoms with Gasteiger partial charge in [-0.05, 0) is 55.3 Å². The van der Waals surface area contributed by atoms with E-state index in [4.69, 9.17) is 4.74 Å². The lowest BCUT2D eigenvalue weighted by Gasteiger charge is -2.48. The number of amides is 1. The number of nitrogens with zero attached hydrogens (tertiary/aromatic N) is 2. The van der Waals surface area contributed by atoms with Crippen LogP contribution in [0, 0.1) is 6.92 Å².